The quantitative estimate of drug-likeness (QED) is 0.254. The molecule has 0 aliphatic carbocycles. The van der Waals surface area contributed by atoms with Crippen molar-refractivity contribution in [3.8, 4) is 0 Å². The molecule has 0 aliphatic rings. The third-order valence-corrected chi connectivity index (χ3v) is 2.23. The fourth-order valence-corrected chi connectivity index (χ4v) is 1.35. The van der Waals surface area contributed by atoms with Crippen LogP contribution in [0.1, 0.15) is 19.8 Å². The highest BCUT2D eigenvalue weighted by Gasteiger charge is 1.85. The molecule has 0 aromatic carbocycles. The molecule has 0 N–H and O–H groups in total. The van der Waals surface area contributed by atoms with E-state index < -0.39 is 0 Å². The maximum atomic E-state index is 7.92. The van der Waals surface area contributed by atoms with Crippen LogP contribution in [-0.4, -0.2) is 18.1 Å². The zero-order chi connectivity index (χ0) is 7.66. The van der Waals surface area contributed by atoms with Gasteiger partial charge in [-0.15, -0.1) is 0 Å². The van der Waals surface area contributed by atoms with Crippen LogP contribution in [0.4, 0.5) is 0 Å². The first-order chi connectivity index (χ1) is 4.91. The molecule has 0 aliphatic heterocycles. The van der Waals surface area contributed by atoms with Gasteiger partial charge in [0.25, 0.3) is 0 Å². The van der Waals surface area contributed by atoms with Crippen LogP contribution in [-0.2, 0) is 0 Å². The Kier molecular flexibility index (Phi) is 8.37. The summed E-state index contributed by atoms with van der Waals surface area (Å²) >= 11 is 1.92. The summed E-state index contributed by atoms with van der Waals surface area (Å²) in [6, 6.07) is 0. The summed E-state index contributed by atoms with van der Waals surface area (Å²) in [5.41, 5.74) is 7.92. The Labute approximate surface area is 65.8 Å². The second-order valence-electron chi connectivity index (χ2n) is 1.92. The van der Waals surface area contributed by atoms with Crippen molar-refractivity contribution >= 4 is 11.8 Å². The first-order valence-corrected chi connectivity index (χ1v) is 4.66. The number of nitrogens with zero attached hydrogens (tertiary/aromatic N) is 3. The molecule has 10 heavy (non-hydrogen) atoms. The van der Waals surface area contributed by atoms with Gasteiger partial charge in [-0.1, -0.05) is 12.0 Å². The number of thioether (sulfide) groups is 1. The number of azide groups is 1. The van der Waals surface area contributed by atoms with E-state index in [0.717, 1.165) is 12.2 Å². The third-order valence-electron chi connectivity index (χ3n) is 0.958. The molecule has 0 amide bonds. The van der Waals surface area contributed by atoms with Gasteiger partial charge in [0.15, 0.2) is 0 Å². The van der Waals surface area contributed by atoms with Gasteiger partial charge in [-0.05, 0) is 29.9 Å². The maximum absolute atomic E-state index is 7.92. The Morgan fingerprint density at radius 2 is 2.30 bits per heavy atom. The minimum atomic E-state index is 0.646. The topological polar surface area (TPSA) is 48.8 Å². The highest BCUT2D eigenvalue weighted by atomic mass is 32.2. The maximum Gasteiger partial charge on any atom is 0.0265 e. The van der Waals surface area contributed by atoms with Crippen molar-refractivity contribution in [2.75, 3.05) is 18.1 Å². The zero-order valence-corrected chi connectivity index (χ0v) is 7.10. The molecule has 4 heteroatoms. The standard InChI is InChI=1S/C6H13N3S/c1-2-5-10-6-3-4-8-9-7/h2-6H2,1H3. The Bertz CT molecular complexity index is 110. The summed E-state index contributed by atoms with van der Waals surface area (Å²) in [6.07, 6.45) is 2.24. The summed E-state index contributed by atoms with van der Waals surface area (Å²) in [7, 11) is 0. The molecule has 0 saturated carbocycles. The lowest BCUT2D eigenvalue weighted by Gasteiger charge is -1.94. The van der Waals surface area contributed by atoms with Crippen LogP contribution >= 0.6 is 11.8 Å². The largest absolute Gasteiger partial charge is 0.162 e. The second kappa shape index (κ2) is 8.66. The molecule has 0 atom stereocenters. The van der Waals surface area contributed by atoms with Crippen molar-refractivity contribution < 1.29 is 0 Å². The van der Waals surface area contributed by atoms with Gasteiger partial charge in [-0.25, -0.2) is 0 Å². The van der Waals surface area contributed by atoms with Gasteiger partial charge in [0.05, 0.1) is 0 Å². The normalized spacial score (nSPS) is 8.90. The summed E-state index contributed by atoms with van der Waals surface area (Å²) in [5, 5.41) is 3.44. The second-order valence-corrected chi connectivity index (χ2v) is 3.15. The van der Waals surface area contributed by atoms with Crippen LogP contribution in [0.25, 0.3) is 10.4 Å². The summed E-state index contributed by atoms with van der Waals surface area (Å²) in [6.45, 7) is 2.81. The predicted octanol–water partition coefficient (Wildman–Crippen LogP) is 2.83. The van der Waals surface area contributed by atoms with E-state index in [1.54, 1.807) is 0 Å². The van der Waals surface area contributed by atoms with Crippen molar-refractivity contribution in [3.05, 3.63) is 10.4 Å². The van der Waals surface area contributed by atoms with Gasteiger partial charge < -0.3 is 0 Å². The molecule has 3 nitrogen and oxygen atoms in total. The minimum Gasteiger partial charge on any atom is -0.162 e. The van der Waals surface area contributed by atoms with Crippen LogP contribution in [0.2, 0.25) is 0 Å². The highest BCUT2D eigenvalue weighted by molar-refractivity contribution is 7.99. The van der Waals surface area contributed by atoms with Crippen LogP contribution < -0.4 is 0 Å². The van der Waals surface area contributed by atoms with Crippen LogP contribution in [0.15, 0.2) is 5.11 Å². The summed E-state index contributed by atoms with van der Waals surface area (Å²) < 4.78 is 0. The van der Waals surface area contributed by atoms with Crippen molar-refractivity contribution in [2.24, 2.45) is 5.11 Å². The molecule has 0 bridgehead atoms. The molecule has 0 unspecified atom stereocenters. The Balaban J connectivity index is 2.83. The monoisotopic (exact) mass is 159 g/mol. The number of hydrogen-bond donors (Lipinski definition) is 0. The smallest absolute Gasteiger partial charge is 0.0265 e. The van der Waals surface area contributed by atoms with Gasteiger partial charge in [0.2, 0.25) is 0 Å². The molecular formula is C6H13N3S. The fraction of sp³-hybridized carbons (Fsp3) is 1.00. The first-order valence-electron chi connectivity index (χ1n) is 3.50. The highest BCUT2D eigenvalue weighted by Crippen LogP contribution is 2.03. The predicted molar refractivity (Wildman–Crippen MR) is 46.2 cm³/mol. The minimum absolute atomic E-state index is 0.646. The van der Waals surface area contributed by atoms with Gasteiger partial charge in [-0.2, -0.15) is 11.8 Å². The van der Waals surface area contributed by atoms with Crippen LogP contribution in [0.3, 0.4) is 0 Å². The van der Waals surface area contributed by atoms with Crippen molar-refractivity contribution in [3.63, 3.8) is 0 Å². The lowest BCUT2D eigenvalue weighted by atomic mass is 10.5. The van der Waals surface area contributed by atoms with Crippen molar-refractivity contribution in [1.82, 2.24) is 0 Å². The zero-order valence-electron chi connectivity index (χ0n) is 6.29. The lowest BCUT2D eigenvalue weighted by Crippen LogP contribution is -1.84. The van der Waals surface area contributed by atoms with Crippen molar-refractivity contribution in [2.45, 2.75) is 19.8 Å². The molecule has 0 heterocycles. The van der Waals surface area contributed by atoms with E-state index in [1.165, 1.54) is 12.2 Å². The average Bonchev–Trinajstić information content (AvgIpc) is 1.97. The summed E-state index contributed by atoms with van der Waals surface area (Å²) in [4.78, 5) is 2.67. The Morgan fingerprint density at radius 1 is 1.50 bits per heavy atom. The molecule has 0 radical (unpaired) electrons. The first kappa shape index (κ1) is 9.66. The molecular weight excluding hydrogens is 146 g/mol. The molecule has 0 saturated heterocycles. The average molecular weight is 159 g/mol. The third kappa shape index (κ3) is 7.66. The molecule has 0 rings (SSSR count). The van der Waals surface area contributed by atoms with E-state index in [-0.39, 0.29) is 0 Å². The fourth-order valence-electron chi connectivity index (χ4n) is 0.528. The number of rotatable bonds is 6. The summed E-state index contributed by atoms with van der Waals surface area (Å²) in [5.74, 6) is 2.34. The van der Waals surface area contributed by atoms with E-state index in [1.807, 2.05) is 11.8 Å². The Hall–Kier alpha value is -0.340. The number of hydrogen-bond acceptors (Lipinski definition) is 2. The molecule has 0 spiro atoms. The van der Waals surface area contributed by atoms with Gasteiger partial charge in [0.1, 0.15) is 0 Å². The van der Waals surface area contributed by atoms with E-state index in [4.69, 9.17) is 5.53 Å². The van der Waals surface area contributed by atoms with Crippen LogP contribution in [0, 0.1) is 0 Å². The van der Waals surface area contributed by atoms with E-state index in [2.05, 4.69) is 16.9 Å². The van der Waals surface area contributed by atoms with Crippen LogP contribution in [0.5, 0.6) is 0 Å². The lowest BCUT2D eigenvalue weighted by molar-refractivity contribution is 0.930. The SMILES string of the molecule is CCCSCCCN=[N+]=[N-]. The molecule has 58 valence electrons. The van der Waals surface area contributed by atoms with Crippen molar-refractivity contribution in [1.29, 1.82) is 0 Å². The van der Waals surface area contributed by atoms with Gasteiger partial charge in [-0.3, -0.25) is 0 Å². The molecule has 0 aromatic rings. The molecule has 0 fully saturated rings. The van der Waals surface area contributed by atoms with E-state index >= 15 is 0 Å². The van der Waals surface area contributed by atoms with E-state index in [0.29, 0.717) is 6.54 Å². The van der Waals surface area contributed by atoms with Gasteiger partial charge in [0, 0.05) is 11.5 Å². The van der Waals surface area contributed by atoms with Gasteiger partial charge >= 0.3 is 0 Å². The van der Waals surface area contributed by atoms with E-state index in [9.17, 15) is 0 Å². The Morgan fingerprint density at radius 3 is 2.90 bits per heavy atom. The molecule has 0 aromatic heterocycles.